The van der Waals surface area contributed by atoms with Crippen molar-refractivity contribution in [1.82, 2.24) is 5.32 Å². The first-order valence-corrected chi connectivity index (χ1v) is 7.52. The third-order valence-electron chi connectivity index (χ3n) is 2.86. The van der Waals surface area contributed by atoms with Crippen LogP contribution in [0.2, 0.25) is 5.02 Å². The third kappa shape index (κ3) is 4.65. The van der Waals surface area contributed by atoms with Gasteiger partial charge in [0, 0.05) is 34.5 Å². The molecule has 6 heteroatoms. The lowest BCUT2D eigenvalue weighted by Crippen LogP contribution is -2.24. The van der Waals surface area contributed by atoms with Crippen LogP contribution in [0.3, 0.4) is 0 Å². The fraction of sp³-hybridized carbons (Fsp3) is 0.133. The smallest absolute Gasteiger partial charge is 0.318 e. The summed E-state index contributed by atoms with van der Waals surface area (Å²) < 4.78 is 0.994. The third-order valence-corrected chi connectivity index (χ3v) is 3.72. The Bertz CT molecular complexity index is 631. The quantitative estimate of drug-likeness (QED) is 0.746. The summed E-state index contributed by atoms with van der Waals surface area (Å²) in [5, 5.41) is 9.22. The molecule has 0 saturated carbocycles. The number of urea groups is 1. The van der Waals surface area contributed by atoms with E-state index >= 15 is 0 Å². The van der Waals surface area contributed by atoms with Crippen molar-refractivity contribution in [3.63, 3.8) is 0 Å². The number of anilines is 2. The molecule has 0 radical (unpaired) electrons. The summed E-state index contributed by atoms with van der Waals surface area (Å²) in [5.41, 5.74) is 2.70. The van der Waals surface area contributed by atoms with Crippen LogP contribution in [-0.4, -0.2) is 13.1 Å². The van der Waals surface area contributed by atoms with E-state index in [-0.39, 0.29) is 6.03 Å². The Hall–Kier alpha value is -1.72. The van der Waals surface area contributed by atoms with Gasteiger partial charge in [0.25, 0.3) is 0 Å². The molecule has 0 bridgehead atoms. The maximum absolute atomic E-state index is 11.2. The molecule has 0 aliphatic carbocycles. The molecule has 2 aromatic carbocycles. The molecule has 0 unspecified atom stereocenters. The molecule has 0 aromatic heterocycles. The van der Waals surface area contributed by atoms with E-state index < -0.39 is 0 Å². The van der Waals surface area contributed by atoms with Gasteiger partial charge in [0.15, 0.2) is 0 Å². The van der Waals surface area contributed by atoms with Gasteiger partial charge < -0.3 is 16.0 Å². The summed E-state index contributed by atoms with van der Waals surface area (Å²) in [6.07, 6.45) is 0. The Balaban J connectivity index is 1.97. The highest BCUT2D eigenvalue weighted by Gasteiger charge is 2.02. The van der Waals surface area contributed by atoms with Crippen molar-refractivity contribution in [3.8, 4) is 0 Å². The van der Waals surface area contributed by atoms with Crippen molar-refractivity contribution >= 4 is 44.9 Å². The van der Waals surface area contributed by atoms with Crippen LogP contribution in [0.25, 0.3) is 0 Å². The van der Waals surface area contributed by atoms with E-state index in [0.29, 0.717) is 6.54 Å². The maximum Gasteiger partial charge on any atom is 0.318 e. The predicted molar refractivity (Wildman–Crippen MR) is 91.0 cm³/mol. The Kier molecular flexibility index (Phi) is 5.47. The number of hydrogen-bond donors (Lipinski definition) is 3. The average Bonchev–Trinajstić information content (AvgIpc) is 2.49. The minimum Gasteiger partial charge on any atom is -0.381 e. The molecule has 4 nitrogen and oxygen atoms in total. The zero-order valence-electron chi connectivity index (χ0n) is 11.4. The summed E-state index contributed by atoms with van der Waals surface area (Å²) in [7, 11) is 1.58. The molecule has 21 heavy (non-hydrogen) atoms. The van der Waals surface area contributed by atoms with Gasteiger partial charge in [-0.2, -0.15) is 0 Å². The van der Waals surface area contributed by atoms with Gasteiger partial charge in [-0.15, -0.1) is 0 Å². The molecule has 0 aliphatic heterocycles. The highest BCUT2D eigenvalue weighted by molar-refractivity contribution is 9.10. The fourth-order valence-electron chi connectivity index (χ4n) is 1.74. The second kappa shape index (κ2) is 7.33. The summed E-state index contributed by atoms with van der Waals surface area (Å²) in [5.74, 6) is 0. The molecule has 0 fully saturated rings. The molecule has 0 heterocycles. The van der Waals surface area contributed by atoms with Crippen molar-refractivity contribution in [2.75, 3.05) is 17.7 Å². The lowest BCUT2D eigenvalue weighted by molar-refractivity contribution is 0.254. The fourth-order valence-corrected chi connectivity index (χ4v) is 2.33. The van der Waals surface area contributed by atoms with Crippen molar-refractivity contribution in [3.05, 3.63) is 57.5 Å². The molecule has 3 N–H and O–H groups in total. The van der Waals surface area contributed by atoms with Crippen LogP contribution in [0.15, 0.2) is 46.9 Å². The van der Waals surface area contributed by atoms with Gasteiger partial charge in [-0.1, -0.05) is 27.5 Å². The molecule has 0 spiro atoms. The highest BCUT2D eigenvalue weighted by Crippen LogP contribution is 2.22. The second-order valence-corrected chi connectivity index (χ2v) is 5.69. The topological polar surface area (TPSA) is 53.2 Å². The summed E-state index contributed by atoms with van der Waals surface area (Å²) in [4.78, 5) is 11.2. The number of rotatable bonds is 4. The maximum atomic E-state index is 11.2. The molecule has 2 rings (SSSR count). The van der Waals surface area contributed by atoms with Crippen LogP contribution in [0.1, 0.15) is 5.56 Å². The molecular formula is C15H15BrClN3O. The van der Waals surface area contributed by atoms with Crippen LogP contribution >= 0.6 is 27.5 Å². The largest absolute Gasteiger partial charge is 0.381 e. The number of benzene rings is 2. The Morgan fingerprint density at radius 2 is 1.81 bits per heavy atom. The normalized spacial score (nSPS) is 10.0. The number of halogens is 2. The number of nitrogens with one attached hydrogen (secondary N) is 3. The van der Waals surface area contributed by atoms with Gasteiger partial charge in [-0.3, -0.25) is 0 Å². The first-order chi connectivity index (χ1) is 10.1. The molecular weight excluding hydrogens is 354 g/mol. The van der Waals surface area contributed by atoms with E-state index in [1.807, 2.05) is 42.5 Å². The van der Waals surface area contributed by atoms with Crippen LogP contribution in [0.5, 0.6) is 0 Å². The van der Waals surface area contributed by atoms with Gasteiger partial charge in [-0.25, -0.2) is 4.79 Å². The number of amides is 2. The van der Waals surface area contributed by atoms with Gasteiger partial charge in [-0.05, 0) is 48.0 Å². The minimum atomic E-state index is -0.239. The molecule has 0 saturated heterocycles. The number of hydrogen-bond acceptors (Lipinski definition) is 2. The van der Waals surface area contributed by atoms with E-state index in [9.17, 15) is 4.79 Å². The SMILES string of the molecule is CNC(=O)Nc1ccc(NCc2cc(Br)ccc2Cl)cc1. The van der Waals surface area contributed by atoms with Crippen molar-refractivity contribution in [2.24, 2.45) is 0 Å². The van der Waals surface area contributed by atoms with Gasteiger partial charge in [0.05, 0.1) is 0 Å². The number of carbonyl (C=O) groups excluding carboxylic acids is 1. The van der Waals surface area contributed by atoms with E-state index in [0.717, 1.165) is 26.4 Å². The van der Waals surface area contributed by atoms with Gasteiger partial charge in [0.2, 0.25) is 0 Å². The highest BCUT2D eigenvalue weighted by atomic mass is 79.9. The molecule has 0 aliphatic rings. The standard InChI is InChI=1S/C15H15BrClN3O/c1-18-15(21)20-13-5-3-12(4-6-13)19-9-10-8-11(16)2-7-14(10)17/h2-8,19H,9H2,1H3,(H2,18,20,21). The van der Waals surface area contributed by atoms with Crippen LogP contribution in [0, 0.1) is 0 Å². The molecule has 110 valence electrons. The van der Waals surface area contributed by atoms with Crippen molar-refractivity contribution < 1.29 is 4.79 Å². The summed E-state index contributed by atoms with van der Waals surface area (Å²) in [6, 6.07) is 13.0. The zero-order chi connectivity index (χ0) is 15.2. The van der Waals surface area contributed by atoms with Gasteiger partial charge >= 0.3 is 6.03 Å². The molecule has 2 amide bonds. The second-order valence-electron chi connectivity index (χ2n) is 4.37. The Morgan fingerprint density at radius 1 is 1.14 bits per heavy atom. The lowest BCUT2D eigenvalue weighted by atomic mass is 10.2. The van der Waals surface area contributed by atoms with Crippen LogP contribution < -0.4 is 16.0 Å². The monoisotopic (exact) mass is 367 g/mol. The first-order valence-electron chi connectivity index (χ1n) is 6.35. The van der Waals surface area contributed by atoms with E-state index in [1.54, 1.807) is 7.05 Å². The van der Waals surface area contributed by atoms with Crippen LogP contribution in [-0.2, 0) is 6.54 Å². The lowest BCUT2D eigenvalue weighted by Gasteiger charge is -2.10. The van der Waals surface area contributed by atoms with Crippen LogP contribution in [0.4, 0.5) is 16.2 Å². The predicted octanol–water partition coefficient (Wildman–Crippen LogP) is 4.47. The number of carbonyl (C=O) groups is 1. The minimum absolute atomic E-state index is 0.239. The van der Waals surface area contributed by atoms with E-state index in [2.05, 4.69) is 31.9 Å². The molecule has 2 aromatic rings. The van der Waals surface area contributed by atoms with E-state index in [1.165, 1.54) is 0 Å². The van der Waals surface area contributed by atoms with Crippen molar-refractivity contribution in [2.45, 2.75) is 6.54 Å². The van der Waals surface area contributed by atoms with Crippen molar-refractivity contribution in [1.29, 1.82) is 0 Å². The summed E-state index contributed by atoms with van der Waals surface area (Å²) >= 11 is 9.57. The average molecular weight is 369 g/mol. The Labute approximate surface area is 137 Å². The Morgan fingerprint density at radius 3 is 2.48 bits per heavy atom. The zero-order valence-corrected chi connectivity index (χ0v) is 13.8. The van der Waals surface area contributed by atoms with E-state index in [4.69, 9.17) is 11.6 Å². The molecule has 0 atom stereocenters. The first kappa shape index (κ1) is 15.7. The summed E-state index contributed by atoms with van der Waals surface area (Å²) in [6.45, 7) is 0.625. The van der Waals surface area contributed by atoms with Gasteiger partial charge in [0.1, 0.15) is 0 Å².